The number of aryl methyl sites for hydroxylation is 1. The van der Waals surface area contributed by atoms with Crippen molar-refractivity contribution in [2.45, 2.75) is 33.2 Å². The van der Waals surface area contributed by atoms with Gasteiger partial charge < -0.3 is 19.5 Å². The molecule has 0 saturated carbocycles. The SMILES string of the molecule is Cc1cc(OCC(C)C)ccc1C(O)=C1C(=O)C(=O)N(CCCN2CCOCC2)C1c1ccc(Cl)cc1. The molecule has 1 N–H and O–H groups in total. The molecule has 7 nitrogen and oxygen atoms in total. The molecule has 2 saturated heterocycles. The molecule has 2 aromatic carbocycles. The number of likely N-dealkylation sites (tertiary alicyclic amines) is 1. The van der Waals surface area contributed by atoms with E-state index in [0.717, 1.165) is 30.8 Å². The molecular formula is C29H35ClN2O5. The Kier molecular flexibility index (Phi) is 8.90. The molecule has 1 unspecified atom stereocenters. The van der Waals surface area contributed by atoms with Gasteiger partial charge in [-0.3, -0.25) is 14.5 Å². The average Bonchev–Trinajstić information content (AvgIpc) is 3.13. The van der Waals surface area contributed by atoms with Crippen LogP contribution in [0.4, 0.5) is 0 Å². The highest BCUT2D eigenvalue weighted by Gasteiger charge is 2.46. The Bertz CT molecular complexity index is 1160. The maximum Gasteiger partial charge on any atom is 0.295 e. The lowest BCUT2D eigenvalue weighted by Crippen LogP contribution is -2.38. The molecule has 2 aromatic rings. The van der Waals surface area contributed by atoms with Gasteiger partial charge in [-0.25, -0.2) is 0 Å². The van der Waals surface area contributed by atoms with Gasteiger partial charge in [0.05, 0.1) is 31.4 Å². The van der Waals surface area contributed by atoms with E-state index in [1.165, 1.54) is 0 Å². The Balaban J connectivity index is 1.65. The highest BCUT2D eigenvalue weighted by molar-refractivity contribution is 6.46. The van der Waals surface area contributed by atoms with Gasteiger partial charge in [0.2, 0.25) is 0 Å². The van der Waals surface area contributed by atoms with E-state index in [4.69, 9.17) is 21.1 Å². The maximum absolute atomic E-state index is 13.3. The largest absolute Gasteiger partial charge is 0.507 e. The number of Topliss-reactive ketones (excluding diaryl/α,β-unsaturated/α-hetero) is 1. The van der Waals surface area contributed by atoms with Crippen molar-refractivity contribution in [3.05, 3.63) is 69.8 Å². The number of aliphatic hydroxyl groups is 1. The minimum Gasteiger partial charge on any atom is -0.507 e. The number of halogens is 1. The second kappa shape index (κ2) is 12.1. The van der Waals surface area contributed by atoms with Gasteiger partial charge in [-0.2, -0.15) is 0 Å². The van der Waals surface area contributed by atoms with Gasteiger partial charge in [-0.1, -0.05) is 37.6 Å². The predicted molar refractivity (Wildman–Crippen MR) is 144 cm³/mol. The zero-order chi connectivity index (χ0) is 26.5. The Morgan fingerprint density at radius 3 is 2.46 bits per heavy atom. The highest BCUT2D eigenvalue weighted by Crippen LogP contribution is 2.40. The van der Waals surface area contributed by atoms with Crippen LogP contribution in [0.25, 0.3) is 5.76 Å². The van der Waals surface area contributed by atoms with Gasteiger partial charge in [-0.05, 0) is 60.7 Å². The molecule has 2 aliphatic heterocycles. The van der Waals surface area contributed by atoms with Crippen LogP contribution in [0.1, 0.15) is 43.0 Å². The van der Waals surface area contributed by atoms with E-state index in [-0.39, 0.29) is 11.3 Å². The lowest BCUT2D eigenvalue weighted by Gasteiger charge is -2.29. The van der Waals surface area contributed by atoms with E-state index in [1.807, 2.05) is 13.0 Å². The smallest absolute Gasteiger partial charge is 0.295 e. The van der Waals surface area contributed by atoms with Gasteiger partial charge in [0.1, 0.15) is 11.5 Å². The first kappa shape index (κ1) is 27.2. The Hall–Kier alpha value is -2.87. The quantitative estimate of drug-likeness (QED) is 0.286. The summed E-state index contributed by atoms with van der Waals surface area (Å²) < 4.78 is 11.2. The third-order valence-electron chi connectivity index (χ3n) is 6.74. The summed E-state index contributed by atoms with van der Waals surface area (Å²) in [6.45, 7) is 10.9. The fraction of sp³-hybridized carbons (Fsp3) is 0.448. The van der Waals surface area contributed by atoms with Crippen molar-refractivity contribution < 1.29 is 24.2 Å². The molecule has 0 bridgehead atoms. The van der Waals surface area contributed by atoms with Gasteiger partial charge in [0.25, 0.3) is 11.7 Å². The summed E-state index contributed by atoms with van der Waals surface area (Å²) in [4.78, 5) is 30.4. The molecule has 1 atom stereocenters. The lowest BCUT2D eigenvalue weighted by molar-refractivity contribution is -0.140. The Labute approximate surface area is 223 Å². The average molecular weight is 527 g/mol. The van der Waals surface area contributed by atoms with Gasteiger partial charge in [0.15, 0.2) is 0 Å². The van der Waals surface area contributed by atoms with Crippen LogP contribution >= 0.6 is 11.6 Å². The fourth-order valence-electron chi connectivity index (χ4n) is 4.79. The molecule has 198 valence electrons. The molecule has 0 aromatic heterocycles. The summed E-state index contributed by atoms with van der Waals surface area (Å²) in [6.07, 6.45) is 0.706. The van der Waals surface area contributed by atoms with E-state index in [2.05, 4.69) is 18.7 Å². The topological polar surface area (TPSA) is 79.3 Å². The third-order valence-corrected chi connectivity index (χ3v) is 6.99. The minimum absolute atomic E-state index is 0.0950. The first-order chi connectivity index (χ1) is 17.8. The molecule has 1 amide bonds. The number of amides is 1. The number of hydrogen-bond donors (Lipinski definition) is 1. The number of hydrogen-bond acceptors (Lipinski definition) is 6. The number of ketones is 1. The number of carbonyl (C=O) groups is 2. The van der Waals surface area contributed by atoms with E-state index in [0.29, 0.717) is 55.0 Å². The van der Waals surface area contributed by atoms with Crippen molar-refractivity contribution in [3.63, 3.8) is 0 Å². The summed E-state index contributed by atoms with van der Waals surface area (Å²) in [5.74, 6) is -0.379. The number of morpholine rings is 1. The van der Waals surface area contributed by atoms with Crippen molar-refractivity contribution in [1.82, 2.24) is 9.80 Å². The second-order valence-electron chi connectivity index (χ2n) is 10.0. The summed E-state index contributed by atoms with van der Waals surface area (Å²) >= 11 is 6.12. The van der Waals surface area contributed by atoms with Crippen LogP contribution in [0.5, 0.6) is 5.75 Å². The van der Waals surface area contributed by atoms with Crippen LogP contribution in [-0.2, 0) is 14.3 Å². The molecule has 0 radical (unpaired) electrons. The van der Waals surface area contributed by atoms with Gasteiger partial charge >= 0.3 is 0 Å². The zero-order valence-corrected chi connectivity index (χ0v) is 22.5. The Morgan fingerprint density at radius 2 is 1.81 bits per heavy atom. The molecule has 8 heteroatoms. The van der Waals surface area contributed by atoms with Crippen molar-refractivity contribution in [2.24, 2.45) is 5.92 Å². The Morgan fingerprint density at radius 1 is 1.11 bits per heavy atom. The monoisotopic (exact) mass is 526 g/mol. The van der Waals surface area contributed by atoms with E-state index >= 15 is 0 Å². The normalized spacial score (nSPS) is 20.1. The van der Waals surface area contributed by atoms with Crippen LogP contribution < -0.4 is 4.74 Å². The standard InChI is InChI=1S/C29H35ClN2O5/c1-19(2)18-37-23-9-10-24(20(3)17-23)27(33)25-26(21-5-7-22(30)8-6-21)32(29(35)28(25)34)12-4-11-31-13-15-36-16-14-31/h5-10,17,19,26,33H,4,11-16,18H2,1-3H3. The van der Waals surface area contributed by atoms with Gasteiger partial charge in [0, 0.05) is 36.8 Å². The summed E-state index contributed by atoms with van der Waals surface area (Å²) in [5, 5.41) is 12.0. The van der Waals surface area contributed by atoms with E-state index < -0.39 is 17.7 Å². The molecule has 0 spiro atoms. The second-order valence-corrected chi connectivity index (χ2v) is 10.5. The zero-order valence-electron chi connectivity index (χ0n) is 21.7. The number of carbonyl (C=O) groups excluding carboxylic acids is 2. The predicted octanol–water partition coefficient (Wildman–Crippen LogP) is 4.83. The first-order valence-corrected chi connectivity index (χ1v) is 13.2. The van der Waals surface area contributed by atoms with E-state index in [1.54, 1.807) is 41.3 Å². The number of benzene rings is 2. The number of nitrogens with zero attached hydrogens (tertiary/aromatic N) is 2. The van der Waals surface area contributed by atoms with Crippen molar-refractivity contribution in [1.29, 1.82) is 0 Å². The molecule has 2 aliphatic rings. The number of rotatable bonds is 9. The van der Waals surface area contributed by atoms with E-state index in [9.17, 15) is 14.7 Å². The number of aliphatic hydroxyl groups excluding tert-OH is 1. The maximum atomic E-state index is 13.3. The molecule has 4 rings (SSSR count). The van der Waals surface area contributed by atoms with Crippen molar-refractivity contribution in [3.8, 4) is 5.75 Å². The highest BCUT2D eigenvalue weighted by atomic mass is 35.5. The van der Waals surface area contributed by atoms with Crippen molar-refractivity contribution >= 4 is 29.1 Å². The molecule has 0 aliphatic carbocycles. The fourth-order valence-corrected chi connectivity index (χ4v) is 4.92. The van der Waals surface area contributed by atoms with Crippen LogP contribution in [-0.4, -0.2) is 72.6 Å². The third kappa shape index (κ3) is 6.35. The van der Waals surface area contributed by atoms with Crippen molar-refractivity contribution in [2.75, 3.05) is 46.0 Å². The van der Waals surface area contributed by atoms with Gasteiger partial charge in [-0.15, -0.1) is 0 Å². The summed E-state index contributed by atoms with van der Waals surface area (Å²) in [5.41, 5.74) is 2.08. The minimum atomic E-state index is -0.696. The van der Waals surface area contributed by atoms with Crippen LogP contribution in [0.15, 0.2) is 48.0 Å². The molecular weight excluding hydrogens is 492 g/mol. The first-order valence-electron chi connectivity index (χ1n) is 12.8. The number of ether oxygens (including phenoxy) is 2. The molecule has 2 heterocycles. The molecule has 37 heavy (non-hydrogen) atoms. The lowest BCUT2D eigenvalue weighted by atomic mass is 9.94. The van der Waals surface area contributed by atoms with Crippen LogP contribution in [0.2, 0.25) is 5.02 Å². The van der Waals surface area contributed by atoms with Crippen LogP contribution in [0, 0.1) is 12.8 Å². The molecule has 2 fully saturated rings. The van der Waals surface area contributed by atoms with Crippen LogP contribution in [0.3, 0.4) is 0 Å². The summed E-state index contributed by atoms with van der Waals surface area (Å²) in [7, 11) is 0. The summed E-state index contributed by atoms with van der Waals surface area (Å²) in [6, 6.07) is 11.7.